The summed E-state index contributed by atoms with van der Waals surface area (Å²) in [6.45, 7) is 0.198. The van der Waals surface area contributed by atoms with E-state index in [1.54, 1.807) is 23.1 Å². The van der Waals surface area contributed by atoms with Crippen LogP contribution in [-0.2, 0) is 4.79 Å². The van der Waals surface area contributed by atoms with Gasteiger partial charge in [-0.2, -0.15) is 0 Å². The number of benzene rings is 3. The van der Waals surface area contributed by atoms with E-state index >= 15 is 0 Å². The van der Waals surface area contributed by atoms with Crippen molar-refractivity contribution < 1.29 is 14.3 Å². The second kappa shape index (κ2) is 7.63. The number of nitrogens with zero attached hydrogens (tertiary/aromatic N) is 2. The summed E-state index contributed by atoms with van der Waals surface area (Å²) in [5, 5.41) is 0.619. The summed E-state index contributed by atoms with van der Waals surface area (Å²) in [6.07, 6.45) is 1.75. The lowest BCUT2D eigenvalue weighted by Gasteiger charge is -2.18. The molecule has 0 atom stereocenters. The van der Waals surface area contributed by atoms with Crippen molar-refractivity contribution >= 4 is 51.0 Å². The summed E-state index contributed by atoms with van der Waals surface area (Å²) >= 11 is 9.52. The van der Waals surface area contributed by atoms with Crippen LogP contribution in [0.5, 0.6) is 11.5 Å². The van der Waals surface area contributed by atoms with Gasteiger partial charge in [0.15, 0.2) is 11.5 Å². The number of rotatable bonds is 3. The molecule has 3 aromatic carbocycles. The number of anilines is 1. The van der Waals surface area contributed by atoms with Crippen LogP contribution in [0.1, 0.15) is 11.1 Å². The molecule has 3 aromatic rings. The quantitative estimate of drug-likeness (QED) is 0.453. The van der Waals surface area contributed by atoms with Crippen LogP contribution in [0.2, 0.25) is 5.02 Å². The molecule has 0 radical (unpaired) electrons. The van der Waals surface area contributed by atoms with Gasteiger partial charge >= 0.3 is 0 Å². The minimum atomic E-state index is -0.212. The van der Waals surface area contributed by atoms with E-state index in [1.165, 1.54) is 0 Å². The van der Waals surface area contributed by atoms with Crippen molar-refractivity contribution in [2.45, 2.75) is 0 Å². The lowest BCUT2D eigenvalue weighted by Crippen LogP contribution is -2.32. The number of hydrogen-bond donors (Lipinski definition) is 0. The maximum absolute atomic E-state index is 13.4. The van der Waals surface area contributed by atoms with Crippen molar-refractivity contribution in [2.75, 3.05) is 11.7 Å². The fourth-order valence-electron chi connectivity index (χ4n) is 3.32. The summed E-state index contributed by atoms with van der Waals surface area (Å²) in [6, 6.07) is 20.3. The molecule has 0 spiro atoms. The number of halogens is 2. The first-order valence-electron chi connectivity index (χ1n) is 9.14. The third kappa shape index (κ3) is 3.49. The van der Waals surface area contributed by atoms with Gasteiger partial charge in [-0.05, 0) is 66.2 Å². The van der Waals surface area contributed by atoms with Crippen LogP contribution in [0.4, 0.5) is 5.69 Å². The molecule has 2 aliphatic rings. The molecule has 0 aliphatic carbocycles. The molecule has 0 N–H and O–H groups in total. The highest BCUT2D eigenvalue weighted by atomic mass is 79.9. The normalized spacial score (nSPS) is 16.3. The molecule has 30 heavy (non-hydrogen) atoms. The van der Waals surface area contributed by atoms with Gasteiger partial charge in [-0.15, -0.1) is 0 Å². The number of hydrogen-bond acceptors (Lipinski definition) is 4. The topological polar surface area (TPSA) is 51.1 Å². The highest BCUT2D eigenvalue weighted by Crippen LogP contribution is 2.34. The molecule has 1 amide bonds. The van der Waals surface area contributed by atoms with Crippen molar-refractivity contribution in [3.63, 3.8) is 0 Å². The van der Waals surface area contributed by atoms with Gasteiger partial charge in [0.05, 0.1) is 5.69 Å². The first kappa shape index (κ1) is 18.9. The van der Waals surface area contributed by atoms with Crippen molar-refractivity contribution in [1.82, 2.24) is 0 Å². The lowest BCUT2D eigenvalue weighted by atomic mass is 10.1. The summed E-state index contributed by atoms with van der Waals surface area (Å²) in [4.78, 5) is 19.6. The van der Waals surface area contributed by atoms with Crippen LogP contribution in [0, 0.1) is 0 Å². The number of amidine groups is 1. The maximum atomic E-state index is 13.4. The van der Waals surface area contributed by atoms with E-state index in [0.717, 1.165) is 21.3 Å². The molecule has 2 aliphatic heterocycles. The third-order valence-electron chi connectivity index (χ3n) is 4.73. The molecule has 0 bridgehead atoms. The highest BCUT2D eigenvalue weighted by Gasteiger charge is 2.32. The van der Waals surface area contributed by atoms with E-state index in [0.29, 0.717) is 28.1 Å². The predicted molar refractivity (Wildman–Crippen MR) is 120 cm³/mol. The van der Waals surface area contributed by atoms with E-state index in [9.17, 15) is 4.79 Å². The second-order valence-electron chi connectivity index (χ2n) is 6.71. The molecule has 148 valence electrons. The molecular formula is C23H14BrClN2O3. The molecule has 5 nitrogen and oxygen atoms in total. The number of ether oxygens (including phenoxy) is 2. The average molecular weight is 482 g/mol. The minimum Gasteiger partial charge on any atom is -0.454 e. The number of amides is 1. The Morgan fingerprint density at radius 3 is 2.60 bits per heavy atom. The zero-order valence-electron chi connectivity index (χ0n) is 15.5. The molecule has 0 unspecified atom stereocenters. The Bertz CT molecular complexity index is 1220. The molecule has 0 saturated heterocycles. The Balaban J connectivity index is 1.60. The Morgan fingerprint density at radius 1 is 1.00 bits per heavy atom. The van der Waals surface area contributed by atoms with E-state index in [1.807, 2.05) is 54.6 Å². The van der Waals surface area contributed by atoms with E-state index in [2.05, 4.69) is 20.9 Å². The van der Waals surface area contributed by atoms with Gasteiger partial charge in [-0.1, -0.05) is 39.7 Å². The number of carbonyl (C=O) groups excluding carboxylic acids is 1. The van der Waals surface area contributed by atoms with Gasteiger partial charge in [-0.25, -0.2) is 4.99 Å². The van der Waals surface area contributed by atoms with Gasteiger partial charge in [-0.3, -0.25) is 9.69 Å². The zero-order chi connectivity index (χ0) is 20.7. The smallest absolute Gasteiger partial charge is 0.282 e. The molecule has 0 saturated carbocycles. The van der Waals surface area contributed by atoms with E-state index < -0.39 is 0 Å². The van der Waals surface area contributed by atoms with Crippen molar-refractivity contribution in [1.29, 1.82) is 0 Å². The number of carbonyl (C=O) groups is 1. The first-order valence-corrected chi connectivity index (χ1v) is 10.3. The molecule has 7 heteroatoms. The van der Waals surface area contributed by atoms with Crippen LogP contribution in [0.15, 0.2) is 81.9 Å². The summed E-state index contributed by atoms with van der Waals surface area (Å²) in [5.41, 5.74) is 2.65. The van der Waals surface area contributed by atoms with Crippen molar-refractivity contribution in [3.8, 4) is 11.5 Å². The summed E-state index contributed by atoms with van der Waals surface area (Å²) < 4.78 is 11.7. The van der Waals surface area contributed by atoms with Crippen LogP contribution in [0.25, 0.3) is 6.08 Å². The van der Waals surface area contributed by atoms with Crippen molar-refractivity contribution in [2.24, 2.45) is 4.99 Å². The molecule has 0 aromatic heterocycles. The Hall–Kier alpha value is -3.09. The Morgan fingerprint density at radius 2 is 1.80 bits per heavy atom. The zero-order valence-corrected chi connectivity index (χ0v) is 17.9. The molecular weight excluding hydrogens is 468 g/mol. The van der Waals surface area contributed by atoms with Crippen LogP contribution in [-0.4, -0.2) is 18.5 Å². The Kier molecular flexibility index (Phi) is 4.81. The second-order valence-corrected chi connectivity index (χ2v) is 8.06. The monoisotopic (exact) mass is 480 g/mol. The standard InChI is InChI=1S/C23H14BrClN2O3/c24-16-2-1-3-18(12-16)27-22(15-5-7-17(25)8-6-15)26-19(23(27)28)10-14-4-9-20-21(11-14)30-13-29-20/h1-12H,13H2/b19-10+. The van der Waals surface area contributed by atoms with Gasteiger partial charge in [0.2, 0.25) is 6.79 Å². The van der Waals surface area contributed by atoms with Crippen molar-refractivity contribution in [3.05, 3.63) is 93.0 Å². The van der Waals surface area contributed by atoms with Gasteiger partial charge in [0.25, 0.3) is 5.91 Å². The highest BCUT2D eigenvalue weighted by molar-refractivity contribution is 9.10. The third-order valence-corrected chi connectivity index (χ3v) is 5.47. The maximum Gasteiger partial charge on any atom is 0.282 e. The van der Waals surface area contributed by atoms with E-state index in [-0.39, 0.29) is 12.7 Å². The molecule has 0 fully saturated rings. The van der Waals surface area contributed by atoms with Crippen LogP contribution in [0.3, 0.4) is 0 Å². The molecule has 5 rings (SSSR count). The largest absolute Gasteiger partial charge is 0.454 e. The molecule has 2 heterocycles. The first-order chi connectivity index (χ1) is 14.6. The fraction of sp³-hybridized carbons (Fsp3) is 0.0435. The lowest BCUT2D eigenvalue weighted by molar-refractivity contribution is -0.113. The van der Waals surface area contributed by atoms with Crippen LogP contribution >= 0.6 is 27.5 Å². The number of fused-ring (bicyclic) bond motifs is 1. The minimum absolute atomic E-state index is 0.198. The Labute approximate surface area is 186 Å². The van der Waals surface area contributed by atoms with Crippen LogP contribution < -0.4 is 14.4 Å². The summed E-state index contributed by atoms with van der Waals surface area (Å²) in [7, 11) is 0. The summed E-state index contributed by atoms with van der Waals surface area (Å²) in [5.74, 6) is 1.68. The van der Waals surface area contributed by atoms with Gasteiger partial charge in [0, 0.05) is 15.1 Å². The SMILES string of the molecule is O=C1/C(=C\c2ccc3c(c2)OCO3)N=C(c2ccc(Cl)cc2)N1c1cccc(Br)c1. The van der Waals surface area contributed by atoms with E-state index in [4.69, 9.17) is 21.1 Å². The average Bonchev–Trinajstić information content (AvgIpc) is 3.33. The van der Waals surface area contributed by atoms with Gasteiger partial charge < -0.3 is 9.47 Å². The fourth-order valence-corrected chi connectivity index (χ4v) is 3.84. The number of aliphatic imine (C=N–C) groups is 1. The predicted octanol–water partition coefficient (Wildman–Crippen LogP) is 5.67. The van der Waals surface area contributed by atoms with Gasteiger partial charge in [0.1, 0.15) is 11.5 Å².